The van der Waals surface area contributed by atoms with Gasteiger partial charge in [-0.2, -0.15) is 0 Å². The second-order valence-corrected chi connectivity index (χ2v) is 11.7. The number of aryl methyl sites for hydroxylation is 2. The van der Waals surface area contributed by atoms with Gasteiger partial charge in [0.2, 0.25) is 0 Å². The molecular weight excluding hydrogens is 592 g/mol. The predicted molar refractivity (Wildman–Crippen MR) is 191 cm³/mol. The molecule has 1 atom stereocenters. The van der Waals surface area contributed by atoms with E-state index >= 15 is 0 Å². The summed E-state index contributed by atoms with van der Waals surface area (Å²) in [7, 11) is 9.30. The second-order valence-electron chi connectivity index (χ2n) is 11.7. The smallest absolute Gasteiger partial charge is 0.272 e. The molecule has 10 nitrogen and oxygen atoms in total. The van der Waals surface area contributed by atoms with Gasteiger partial charge in [0.25, 0.3) is 11.8 Å². The molecule has 2 aromatic heterocycles. The van der Waals surface area contributed by atoms with Gasteiger partial charge in [0, 0.05) is 39.1 Å². The number of rotatable bonds is 14. The number of hydrogen-bond donors (Lipinski definition) is 3. The molecule has 0 saturated carbocycles. The van der Waals surface area contributed by atoms with Crippen molar-refractivity contribution in [1.29, 1.82) is 0 Å². The van der Waals surface area contributed by atoms with Gasteiger partial charge >= 0.3 is 0 Å². The van der Waals surface area contributed by atoms with Crippen LogP contribution in [0.2, 0.25) is 0 Å². The lowest BCUT2D eigenvalue weighted by atomic mass is 10.1. The zero-order valence-electron chi connectivity index (χ0n) is 28.7. The number of benzene rings is 2. The van der Waals surface area contributed by atoms with Crippen LogP contribution in [-0.4, -0.2) is 79.1 Å². The number of hydrogen-bond acceptors (Lipinski definition) is 5. The number of amides is 2. The highest BCUT2D eigenvalue weighted by Crippen LogP contribution is 2.18. The molecule has 47 heavy (non-hydrogen) atoms. The van der Waals surface area contributed by atoms with Gasteiger partial charge in [0.05, 0.1) is 51.7 Å². The molecule has 0 spiro atoms. The van der Waals surface area contributed by atoms with Crippen LogP contribution in [0.3, 0.4) is 0 Å². The molecule has 4 aromatic rings. The van der Waals surface area contributed by atoms with Crippen molar-refractivity contribution in [2.24, 2.45) is 14.1 Å². The maximum Gasteiger partial charge on any atom is 0.272 e. The van der Waals surface area contributed by atoms with Crippen molar-refractivity contribution in [1.82, 2.24) is 14.5 Å². The molecule has 1 unspecified atom stereocenters. The summed E-state index contributed by atoms with van der Waals surface area (Å²) in [5, 5.41) is 8.89. The fourth-order valence-corrected chi connectivity index (χ4v) is 5.10. The summed E-state index contributed by atoms with van der Waals surface area (Å²) in [6.45, 7) is 8.01. The van der Waals surface area contributed by atoms with Crippen LogP contribution in [0, 0.1) is 0 Å². The maximum absolute atomic E-state index is 12.6. The monoisotopic (exact) mass is 641 g/mol. The third-order valence-corrected chi connectivity index (χ3v) is 8.12. The van der Waals surface area contributed by atoms with Crippen LogP contribution >= 0.6 is 0 Å². The summed E-state index contributed by atoms with van der Waals surface area (Å²) >= 11 is 0. The number of aromatic nitrogens is 2. The Hall–Kier alpha value is -5.09. The van der Waals surface area contributed by atoms with E-state index in [-0.39, 0.29) is 11.8 Å². The van der Waals surface area contributed by atoms with Crippen molar-refractivity contribution in [3.05, 3.63) is 101 Å². The van der Waals surface area contributed by atoms with Crippen LogP contribution in [0.15, 0.2) is 73.1 Å². The third kappa shape index (κ3) is 10.7. The molecule has 250 valence electrons. The van der Waals surface area contributed by atoms with Crippen LogP contribution in [0.5, 0.6) is 5.75 Å². The number of anilines is 2. The van der Waals surface area contributed by atoms with Gasteiger partial charge in [-0.25, -0.2) is 0 Å². The highest BCUT2D eigenvalue weighted by Gasteiger charge is 2.19. The Morgan fingerprint density at radius 2 is 1.45 bits per heavy atom. The normalized spacial score (nSPS) is 12.1. The molecule has 2 heterocycles. The minimum absolute atomic E-state index is 0.136. The Morgan fingerprint density at radius 1 is 0.830 bits per heavy atom. The first-order chi connectivity index (χ1) is 22.5. The first-order valence-electron chi connectivity index (χ1n) is 15.9. The predicted octanol–water partition coefficient (Wildman–Crippen LogP) is 5.94. The van der Waals surface area contributed by atoms with E-state index < -0.39 is 0 Å². The molecule has 10 heteroatoms. The van der Waals surface area contributed by atoms with Crippen molar-refractivity contribution in [3.63, 3.8) is 0 Å². The molecule has 0 fully saturated rings. The molecule has 0 saturated heterocycles. The van der Waals surface area contributed by atoms with Crippen molar-refractivity contribution in [3.8, 4) is 5.75 Å². The number of carbonyl (C=O) groups is 3. The molecule has 2 amide bonds. The van der Waals surface area contributed by atoms with Gasteiger partial charge in [0.1, 0.15) is 23.4 Å². The molecule has 4 rings (SSSR count). The van der Waals surface area contributed by atoms with E-state index in [1.807, 2.05) is 68.8 Å². The molecule has 0 aliphatic heterocycles. The van der Waals surface area contributed by atoms with Crippen molar-refractivity contribution < 1.29 is 23.6 Å². The molecule has 0 aliphatic carbocycles. The fourth-order valence-electron chi connectivity index (χ4n) is 5.10. The van der Waals surface area contributed by atoms with Gasteiger partial charge < -0.3 is 34.3 Å². The van der Waals surface area contributed by atoms with E-state index in [0.29, 0.717) is 29.2 Å². The van der Waals surface area contributed by atoms with Gasteiger partial charge in [-0.15, -0.1) is 0 Å². The second kappa shape index (κ2) is 17.6. The van der Waals surface area contributed by atoms with Crippen LogP contribution in [-0.2, 0) is 14.1 Å². The Morgan fingerprint density at radius 3 is 2.04 bits per heavy atom. The van der Waals surface area contributed by atoms with Crippen molar-refractivity contribution in [2.75, 3.05) is 58.0 Å². The SMILES string of the molecule is CCC[N+](C)(CC)CCNC(=O)c1cc(NC(=O)c2cc(NC)cn2C)cn1C.COc1cccc(/C=C/c2ccc(C=O)cc2)c1. The maximum atomic E-state index is 12.6. The highest BCUT2D eigenvalue weighted by molar-refractivity contribution is 6.04. The van der Waals surface area contributed by atoms with E-state index in [9.17, 15) is 14.4 Å². The quantitative estimate of drug-likeness (QED) is 0.0898. The summed E-state index contributed by atoms with van der Waals surface area (Å²) < 4.78 is 9.60. The van der Waals surface area contributed by atoms with E-state index in [2.05, 4.69) is 36.8 Å². The number of nitrogens with one attached hydrogen (secondary N) is 3. The fraction of sp³-hybridized carbons (Fsp3) is 0.324. The van der Waals surface area contributed by atoms with Crippen LogP contribution in [0.25, 0.3) is 12.2 Å². The summed E-state index contributed by atoms with van der Waals surface area (Å²) in [6, 6.07) is 18.8. The summed E-state index contributed by atoms with van der Waals surface area (Å²) in [5.74, 6) is 0.485. The third-order valence-electron chi connectivity index (χ3n) is 8.12. The molecule has 3 N–H and O–H groups in total. The first kappa shape index (κ1) is 36.4. The van der Waals surface area contributed by atoms with Crippen LogP contribution in [0.1, 0.15) is 62.7 Å². The van der Waals surface area contributed by atoms with Crippen LogP contribution < -0.4 is 20.7 Å². The van der Waals surface area contributed by atoms with Gasteiger partial charge in [0.15, 0.2) is 0 Å². The number of quaternary nitrogens is 1. The Labute approximate surface area is 278 Å². The minimum Gasteiger partial charge on any atom is -0.497 e. The van der Waals surface area contributed by atoms with E-state index in [1.54, 1.807) is 53.8 Å². The number of likely N-dealkylation sites (N-methyl/N-ethyl adjacent to an activating group) is 1. The Bertz CT molecular complexity index is 1650. The lowest BCUT2D eigenvalue weighted by Crippen LogP contribution is -2.49. The summed E-state index contributed by atoms with van der Waals surface area (Å²) in [6.07, 6.45) is 9.57. The van der Waals surface area contributed by atoms with E-state index in [1.165, 1.54) is 0 Å². The molecule has 2 aromatic carbocycles. The largest absolute Gasteiger partial charge is 0.497 e. The van der Waals surface area contributed by atoms with Gasteiger partial charge in [-0.05, 0) is 48.7 Å². The first-order valence-corrected chi connectivity index (χ1v) is 15.9. The number of ether oxygens (including phenoxy) is 1. The lowest BCUT2D eigenvalue weighted by Gasteiger charge is -2.33. The van der Waals surface area contributed by atoms with E-state index in [0.717, 1.165) is 59.4 Å². The number of carbonyl (C=O) groups excluding carboxylic acids is 3. The zero-order chi connectivity index (χ0) is 34.4. The number of methoxy groups -OCH3 is 1. The van der Waals surface area contributed by atoms with Gasteiger partial charge in [-0.1, -0.05) is 55.5 Å². The summed E-state index contributed by atoms with van der Waals surface area (Å²) in [5.41, 5.74) is 5.34. The number of aldehydes is 1. The Balaban J connectivity index is 0.000000284. The van der Waals surface area contributed by atoms with Crippen molar-refractivity contribution in [2.45, 2.75) is 20.3 Å². The highest BCUT2D eigenvalue weighted by atomic mass is 16.5. The molecule has 0 bridgehead atoms. The Kier molecular flexibility index (Phi) is 13.6. The van der Waals surface area contributed by atoms with Gasteiger partial charge in [-0.3, -0.25) is 14.4 Å². The summed E-state index contributed by atoms with van der Waals surface area (Å²) in [4.78, 5) is 35.7. The van der Waals surface area contributed by atoms with E-state index in [4.69, 9.17) is 4.74 Å². The topological polar surface area (TPSA) is 106 Å². The minimum atomic E-state index is -0.220. The molecule has 0 radical (unpaired) electrons. The average molecular weight is 642 g/mol. The number of nitrogens with zero attached hydrogens (tertiary/aromatic N) is 3. The lowest BCUT2D eigenvalue weighted by molar-refractivity contribution is -0.906. The molecule has 0 aliphatic rings. The molecular formula is C37H49N6O4+. The average Bonchev–Trinajstić information content (AvgIpc) is 3.65. The van der Waals surface area contributed by atoms with Crippen LogP contribution in [0.4, 0.5) is 11.4 Å². The van der Waals surface area contributed by atoms with Crippen molar-refractivity contribution >= 4 is 41.6 Å². The standard InChI is InChI=1S/C21H34N6O2.C16H14O2/c1-7-10-27(6,8-2)11-9-23-20(28)18-13-17(15-26(18)5)24-21(29)19-12-16(22-3)14-25(19)4;1-18-16-4-2-3-14(11-16)8-5-13-6-9-15(12-17)10-7-13/h12-15,22H,7-11H2,1-6H3,(H-,23,24,28,29);2-12H,1H3/p+1/b;8-5+. The zero-order valence-corrected chi connectivity index (χ0v) is 28.7.